The molecule has 5 nitrogen and oxygen atoms in total. The zero-order valence-corrected chi connectivity index (χ0v) is 10.9. The molecule has 0 aromatic carbocycles. The molecule has 0 radical (unpaired) electrons. The summed E-state index contributed by atoms with van der Waals surface area (Å²) in [6, 6.07) is 0.366. The van der Waals surface area contributed by atoms with Crippen molar-refractivity contribution in [3.05, 3.63) is 0 Å². The summed E-state index contributed by atoms with van der Waals surface area (Å²) in [4.78, 5) is 0.180. The summed E-state index contributed by atoms with van der Waals surface area (Å²) in [6.07, 6.45) is 1.07. The van der Waals surface area contributed by atoms with E-state index in [1.807, 2.05) is 0 Å². The molecule has 3 N–H and O–H groups in total. The van der Waals surface area contributed by atoms with Crippen LogP contribution in [0.5, 0.6) is 0 Å². The Balaban J connectivity index is 2.32. The van der Waals surface area contributed by atoms with Crippen molar-refractivity contribution in [3.8, 4) is 0 Å². The van der Waals surface area contributed by atoms with Gasteiger partial charge in [-0.1, -0.05) is 13.8 Å². The van der Waals surface area contributed by atoms with Crippen LogP contribution in [0, 0.1) is 5.92 Å². The lowest BCUT2D eigenvalue weighted by Crippen LogP contribution is -2.10. The predicted octanol–water partition coefficient (Wildman–Crippen LogP) is 1.34. The first-order chi connectivity index (χ1) is 7.45. The highest BCUT2D eigenvalue weighted by molar-refractivity contribution is 7.91. The Labute approximate surface area is 99.1 Å². The van der Waals surface area contributed by atoms with Gasteiger partial charge in [-0.15, -0.1) is 0 Å². The maximum atomic E-state index is 11.8. The van der Waals surface area contributed by atoms with Crippen LogP contribution in [0.2, 0.25) is 0 Å². The standard InChI is InChI=1S/C9H15N3O2S2/c1-3-16(13,14)7-8(10)12-15-9(7)11-6-4-5(6)2/h5-6,11H,3-4H2,1-2H3,(H2,10,12). The summed E-state index contributed by atoms with van der Waals surface area (Å²) in [5.41, 5.74) is 5.61. The fraction of sp³-hybridized carbons (Fsp3) is 0.667. The minimum absolute atomic E-state index is 0.0461. The lowest BCUT2D eigenvalue weighted by atomic mass is 10.5. The Morgan fingerprint density at radius 2 is 2.25 bits per heavy atom. The lowest BCUT2D eigenvalue weighted by Gasteiger charge is -2.05. The van der Waals surface area contributed by atoms with Crippen molar-refractivity contribution in [2.45, 2.75) is 31.2 Å². The molecule has 1 saturated carbocycles. The number of nitrogens with zero attached hydrogens (tertiary/aromatic N) is 1. The van der Waals surface area contributed by atoms with Crippen LogP contribution in [-0.2, 0) is 9.84 Å². The molecule has 0 bridgehead atoms. The van der Waals surface area contributed by atoms with Crippen molar-refractivity contribution in [1.82, 2.24) is 4.37 Å². The van der Waals surface area contributed by atoms with Crippen molar-refractivity contribution >= 4 is 32.2 Å². The van der Waals surface area contributed by atoms with Crippen molar-refractivity contribution in [1.29, 1.82) is 0 Å². The number of aromatic nitrogens is 1. The normalized spacial score (nSPS) is 24.4. The minimum Gasteiger partial charge on any atom is -0.382 e. The fourth-order valence-electron chi connectivity index (χ4n) is 1.52. The van der Waals surface area contributed by atoms with E-state index in [0.717, 1.165) is 18.0 Å². The van der Waals surface area contributed by atoms with Crippen LogP contribution in [-0.4, -0.2) is 24.6 Å². The molecule has 90 valence electrons. The average Bonchev–Trinajstić information content (AvgIpc) is 2.76. The summed E-state index contributed by atoms with van der Waals surface area (Å²) >= 11 is 1.12. The molecule has 0 spiro atoms. The van der Waals surface area contributed by atoms with Gasteiger partial charge in [0.2, 0.25) is 0 Å². The molecule has 1 heterocycles. The third-order valence-electron chi connectivity index (χ3n) is 2.79. The maximum Gasteiger partial charge on any atom is 0.184 e. The van der Waals surface area contributed by atoms with E-state index in [0.29, 0.717) is 17.0 Å². The third kappa shape index (κ3) is 2.01. The van der Waals surface area contributed by atoms with E-state index in [-0.39, 0.29) is 16.5 Å². The third-order valence-corrected chi connectivity index (χ3v) is 5.51. The molecule has 0 saturated heterocycles. The molecular weight excluding hydrogens is 246 g/mol. The van der Waals surface area contributed by atoms with Crippen LogP contribution in [0.1, 0.15) is 20.3 Å². The number of hydrogen-bond donors (Lipinski definition) is 2. The van der Waals surface area contributed by atoms with Gasteiger partial charge >= 0.3 is 0 Å². The molecule has 1 fully saturated rings. The highest BCUT2D eigenvalue weighted by Crippen LogP contribution is 2.38. The number of nitrogens with two attached hydrogens (primary N) is 1. The fourth-order valence-corrected chi connectivity index (χ4v) is 3.74. The number of anilines is 2. The van der Waals surface area contributed by atoms with Gasteiger partial charge in [0.25, 0.3) is 0 Å². The monoisotopic (exact) mass is 261 g/mol. The molecule has 0 amide bonds. The van der Waals surface area contributed by atoms with Gasteiger partial charge in [-0.25, -0.2) is 8.42 Å². The van der Waals surface area contributed by atoms with Gasteiger partial charge in [-0.2, -0.15) is 4.37 Å². The van der Waals surface area contributed by atoms with E-state index in [2.05, 4.69) is 16.6 Å². The van der Waals surface area contributed by atoms with Crippen molar-refractivity contribution in [2.75, 3.05) is 16.8 Å². The van der Waals surface area contributed by atoms with E-state index in [1.165, 1.54) is 0 Å². The number of sulfone groups is 1. The molecule has 2 atom stereocenters. The van der Waals surface area contributed by atoms with E-state index >= 15 is 0 Å². The molecule has 1 aliphatic carbocycles. The number of hydrogen-bond acceptors (Lipinski definition) is 6. The first-order valence-electron chi connectivity index (χ1n) is 5.20. The van der Waals surface area contributed by atoms with Gasteiger partial charge in [-0.3, -0.25) is 0 Å². The summed E-state index contributed by atoms with van der Waals surface area (Å²) in [5, 5.41) is 3.78. The smallest absolute Gasteiger partial charge is 0.184 e. The maximum absolute atomic E-state index is 11.8. The number of nitrogen functional groups attached to an aromatic ring is 1. The molecule has 2 unspecified atom stereocenters. The largest absolute Gasteiger partial charge is 0.382 e. The zero-order chi connectivity index (χ0) is 11.9. The molecule has 1 aliphatic rings. The summed E-state index contributed by atoms with van der Waals surface area (Å²) in [5.74, 6) is 0.757. The summed E-state index contributed by atoms with van der Waals surface area (Å²) in [7, 11) is -3.29. The van der Waals surface area contributed by atoms with Crippen LogP contribution in [0.25, 0.3) is 0 Å². The van der Waals surface area contributed by atoms with Gasteiger partial charge in [0.15, 0.2) is 15.7 Å². The summed E-state index contributed by atoms with van der Waals surface area (Å²) in [6.45, 7) is 3.73. The summed E-state index contributed by atoms with van der Waals surface area (Å²) < 4.78 is 27.6. The van der Waals surface area contributed by atoms with E-state index in [1.54, 1.807) is 6.92 Å². The number of rotatable bonds is 4. The Kier molecular flexibility index (Phi) is 2.83. The predicted molar refractivity (Wildman–Crippen MR) is 65.4 cm³/mol. The molecule has 0 aliphatic heterocycles. The molecule has 7 heteroatoms. The minimum atomic E-state index is -3.29. The van der Waals surface area contributed by atoms with Gasteiger partial charge < -0.3 is 11.1 Å². The molecule has 16 heavy (non-hydrogen) atoms. The van der Waals surface area contributed by atoms with Crippen molar-refractivity contribution < 1.29 is 8.42 Å². The van der Waals surface area contributed by atoms with E-state index in [9.17, 15) is 8.42 Å². The zero-order valence-electron chi connectivity index (χ0n) is 9.23. The van der Waals surface area contributed by atoms with E-state index in [4.69, 9.17) is 5.73 Å². The van der Waals surface area contributed by atoms with Gasteiger partial charge in [0, 0.05) is 6.04 Å². The van der Waals surface area contributed by atoms with Crippen molar-refractivity contribution in [3.63, 3.8) is 0 Å². The Morgan fingerprint density at radius 1 is 1.62 bits per heavy atom. The molecule has 1 aromatic rings. The quantitative estimate of drug-likeness (QED) is 0.854. The van der Waals surface area contributed by atoms with Crippen LogP contribution in [0.4, 0.5) is 10.8 Å². The van der Waals surface area contributed by atoms with Gasteiger partial charge in [0.1, 0.15) is 9.90 Å². The van der Waals surface area contributed by atoms with Crippen LogP contribution < -0.4 is 11.1 Å². The highest BCUT2D eigenvalue weighted by Gasteiger charge is 2.35. The van der Waals surface area contributed by atoms with E-state index < -0.39 is 9.84 Å². The SMILES string of the molecule is CCS(=O)(=O)c1c(N)nsc1NC1CC1C. The molecular formula is C9H15N3O2S2. The Morgan fingerprint density at radius 3 is 2.75 bits per heavy atom. The van der Waals surface area contributed by atoms with Crippen LogP contribution in [0.15, 0.2) is 4.90 Å². The second-order valence-electron chi connectivity index (χ2n) is 4.09. The van der Waals surface area contributed by atoms with Crippen LogP contribution >= 0.6 is 11.5 Å². The van der Waals surface area contributed by atoms with Gasteiger partial charge in [0.05, 0.1) is 5.75 Å². The number of nitrogens with one attached hydrogen (secondary N) is 1. The topological polar surface area (TPSA) is 85.1 Å². The second-order valence-corrected chi connectivity index (χ2v) is 7.08. The lowest BCUT2D eigenvalue weighted by molar-refractivity contribution is 0.598. The van der Waals surface area contributed by atoms with Crippen molar-refractivity contribution in [2.24, 2.45) is 5.92 Å². The van der Waals surface area contributed by atoms with Crippen LogP contribution in [0.3, 0.4) is 0 Å². The molecule has 2 rings (SSSR count). The highest BCUT2D eigenvalue weighted by atomic mass is 32.2. The Bertz CT molecular complexity index is 495. The molecule has 1 aromatic heterocycles. The first-order valence-corrected chi connectivity index (χ1v) is 7.62. The second kappa shape index (κ2) is 3.89. The first kappa shape index (κ1) is 11.7. The van der Waals surface area contributed by atoms with Gasteiger partial charge in [-0.05, 0) is 23.9 Å². The Hall–Kier alpha value is -0.820. The average molecular weight is 261 g/mol.